The number of aromatic nitrogens is 1. The minimum Gasteiger partial charge on any atom is -0.374 e. The largest absolute Gasteiger partial charge is 0.374 e. The molecule has 1 N–H and O–H groups in total. The number of nitrogens with zero attached hydrogens (tertiary/aromatic N) is 1. The number of nitrogens with one attached hydrogen (secondary N) is 1. The second-order valence-electron chi connectivity index (χ2n) is 5.59. The number of pyridine rings is 1. The van der Waals surface area contributed by atoms with Gasteiger partial charge in [0.2, 0.25) is 0 Å². The summed E-state index contributed by atoms with van der Waals surface area (Å²) < 4.78 is 6.07. The lowest BCUT2D eigenvalue weighted by Crippen LogP contribution is -2.44. The molecule has 0 spiro atoms. The van der Waals surface area contributed by atoms with E-state index in [0.717, 1.165) is 25.1 Å². The van der Waals surface area contributed by atoms with E-state index in [-0.39, 0.29) is 0 Å². The van der Waals surface area contributed by atoms with E-state index in [9.17, 15) is 0 Å². The predicted molar refractivity (Wildman–Crippen MR) is 78.3 cm³/mol. The monoisotopic (exact) mass is 262 g/mol. The molecular weight excluding hydrogens is 236 g/mol. The molecule has 3 heteroatoms. The molecule has 0 saturated carbocycles. The van der Waals surface area contributed by atoms with Gasteiger partial charge in [-0.15, -0.1) is 0 Å². The van der Waals surface area contributed by atoms with Crippen molar-refractivity contribution in [1.29, 1.82) is 0 Å². The molecule has 1 aliphatic rings. The van der Waals surface area contributed by atoms with Crippen molar-refractivity contribution in [3.05, 3.63) is 30.1 Å². The first-order chi connectivity index (χ1) is 9.22. The van der Waals surface area contributed by atoms with Gasteiger partial charge in [0.1, 0.15) is 0 Å². The van der Waals surface area contributed by atoms with Crippen LogP contribution in [0.25, 0.3) is 0 Å². The number of hydrogen-bond donors (Lipinski definition) is 1. The van der Waals surface area contributed by atoms with E-state index in [0.29, 0.717) is 24.2 Å². The summed E-state index contributed by atoms with van der Waals surface area (Å²) in [7, 11) is 0. The van der Waals surface area contributed by atoms with Crippen molar-refractivity contribution in [2.45, 2.75) is 64.2 Å². The third-order valence-electron chi connectivity index (χ3n) is 3.99. The van der Waals surface area contributed by atoms with Crippen LogP contribution in [0.2, 0.25) is 0 Å². The van der Waals surface area contributed by atoms with E-state index in [4.69, 9.17) is 4.74 Å². The molecule has 0 bridgehead atoms. The van der Waals surface area contributed by atoms with Crippen molar-refractivity contribution in [3.8, 4) is 0 Å². The lowest BCUT2D eigenvalue weighted by molar-refractivity contribution is 0.0265. The molecule has 4 atom stereocenters. The van der Waals surface area contributed by atoms with Crippen LogP contribution in [0, 0.1) is 0 Å². The molecule has 19 heavy (non-hydrogen) atoms. The van der Waals surface area contributed by atoms with Crippen molar-refractivity contribution in [3.63, 3.8) is 0 Å². The SMILES string of the molecule is CCCNC(C1CCC(C)O1)C(C)c1ccccn1. The molecule has 2 rings (SSSR count). The van der Waals surface area contributed by atoms with Crippen molar-refractivity contribution in [2.24, 2.45) is 0 Å². The van der Waals surface area contributed by atoms with Gasteiger partial charge in [0, 0.05) is 23.9 Å². The van der Waals surface area contributed by atoms with Crippen LogP contribution in [0.1, 0.15) is 51.6 Å². The van der Waals surface area contributed by atoms with Gasteiger partial charge in [-0.2, -0.15) is 0 Å². The van der Waals surface area contributed by atoms with Crippen LogP contribution >= 0.6 is 0 Å². The minimum atomic E-state index is 0.318. The van der Waals surface area contributed by atoms with Crippen molar-refractivity contribution in [1.82, 2.24) is 10.3 Å². The van der Waals surface area contributed by atoms with Crippen LogP contribution in [0.3, 0.4) is 0 Å². The van der Waals surface area contributed by atoms with E-state index in [1.165, 1.54) is 6.42 Å². The summed E-state index contributed by atoms with van der Waals surface area (Å²) in [6.07, 6.45) is 6.06. The summed E-state index contributed by atoms with van der Waals surface area (Å²) in [6.45, 7) is 7.66. The Hall–Kier alpha value is -0.930. The Bertz CT molecular complexity index is 368. The van der Waals surface area contributed by atoms with Crippen LogP contribution < -0.4 is 5.32 Å². The standard InChI is InChI=1S/C16H26N2O/c1-4-10-18-16(15-9-8-12(2)19-15)13(3)14-7-5-6-11-17-14/h5-7,11-13,15-16,18H,4,8-10H2,1-3H3. The van der Waals surface area contributed by atoms with Gasteiger partial charge >= 0.3 is 0 Å². The van der Waals surface area contributed by atoms with Gasteiger partial charge in [-0.25, -0.2) is 0 Å². The molecule has 2 heterocycles. The Kier molecular flexibility index (Phi) is 5.34. The van der Waals surface area contributed by atoms with Crippen molar-refractivity contribution >= 4 is 0 Å². The fourth-order valence-corrected chi connectivity index (χ4v) is 2.87. The number of ether oxygens (including phenoxy) is 1. The lowest BCUT2D eigenvalue weighted by Gasteiger charge is -2.30. The Morgan fingerprint density at radius 1 is 1.42 bits per heavy atom. The molecule has 4 unspecified atom stereocenters. The van der Waals surface area contributed by atoms with Crippen LogP contribution in [-0.2, 0) is 4.74 Å². The quantitative estimate of drug-likeness (QED) is 0.855. The molecule has 1 aliphatic heterocycles. The molecular formula is C16H26N2O. The topological polar surface area (TPSA) is 34.1 Å². The molecule has 0 aliphatic carbocycles. The average molecular weight is 262 g/mol. The highest BCUT2D eigenvalue weighted by Gasteiger charge is 2.33. The van der Waals surface area contributed by atoms with Crippen LogP contribution in [0.5, 0.6) is 0 Å². The number of hydrogen-bond acceptors (Lipinski definition) is 3. The number of rotatable bonds is 6. The Morgan fingerprint density at radius 2 is 2.26 bits per heavy atom. The van der Waals surface area contributed by atoms with Crippen molar-refractivity contribution in [2.75, 3.05) is 6.54 Å². The van der Waals surface area contributed by atoms with E-state index < -0.39 is 0 Å². The highest BCUT2D eigenvalue weighted by atomic mass is 16.5. The molecule has 0 aromatic carbocycles. The van der Waals surface area contributed by atoms with E-state index in [1.54, 1.807) is 0 Å². The molecule has 106 valence electrons. The Labute approximate surface area is 116 Å². The third kappa shape index (κ3) is 3.77. The molecule has 0 radical (unpaired) electrons. The molecule has 1 fully saturated rings. The normalized spacial score (nSPS) is 26.3. The first-order valence-corrected chi connectivity index (χ1v) is 7.52. The van der Waals surface area contributed by atoms with Gasteiger partial charge in [-0.1, -0.05) is 19.9 Å². The van der Waals surface area contributed by atoms with Crippen LogP contribution in [0.4, 0.5) is 0 Å². The Morgan fingerprint density at radius 3 is 2.84 bits per heavy atom. The second kappa shape index (κ2) is 7.01. The highest BCUT2D eigenvalue weighted by molar-refractivity contribution is 5.12. The first-order valence-electron chi connectivity index (χ1n) is 7.52. The molecule has 1 saturated heterocycles. The van der Waals surface area contributed by atoms with Gasteiger partial charge in [0.25, 0.3) is 0 Å². The summed E-state index contributed by atoms with van der Waals surface area (Å²) in [4.78, 5) is 4.50. The van der Waals surface area contributed by atoms with Crippen LogP contribution in [-0.4, -0.2) is 29.8 Å². The maximum atomic E-state index is 6.07. The fraction of sp³-hybridized carbons (Fsp3) is 0.688. The van der Waals surface area contributed by atoms with E-state index in [1.807, 2.05) is 12.3 Å². The molecule has 1 aromatic rings. The summed E-state index contributed by atoms with van der Waals surface area (Å²) >= 11 is 0. The zero-order valence-electron chi connectivity index (χ0n) is 12.3. The van der Waals surface area contributed by atoms with Gasteiger partial charge in [-0.3, -0.25) is 4.98 Å². The fourth-order valence-electron chi connectivity index (χ4n) is 2.87. The molecule has 3 nitrogen and oxygen atoms in total. The minimum absolute atomic E-state index is 0.318. The molecule has 0 amide bonds. The third-order valence-corrected chi connectivity index (χ3v) is 3.99. The maximum Gasteiger partial charge on any atom is 0.0739 e. The van der Waals surface area contributed by atoms with Gasteiger partial charge in [0.15, 0.2) is 0 Å². The van der Waals surface area contributed by atoms with Crippen LogP contribution in [0.15, 0.2) is 24.4 Å². The predicted octanol–water partition coefficient (Wildman–Crippen LogP) is 3.12. The smallest absolute Gasteiger partial charge is 0.0739 e. The Balaban J connectivity index is 2.08. The van der Waals surface area contributed by atoms with E-state index in [2.05, 4.69) is 43.2 Å². The molecule has 1 aromatic heterocycles. The van der Waals surface area contributed by atoms with Gasteiger partial charge in [-0.05, 0) is 44.9 Å². The average Bonchev–Trinajstić information content (AvgIpc) is 2.86. The second-order valence-corrected chi connectivity index (χ2v) is 5.59. The maximum absolute atomic E-state index is 6.07. The van der Waals surface area contributed by atoms with Gasteiger partial charge < -0.3 is 10.1 Å². The highest BCUT2D eigenvalue weighted by Crippen LogP contribution is 2.29. The summed E-state index contributed by atoms with van der Waals surface area (Å²) in [6, 6.07) is 6.51. The lowest BCUT2D eigenvalue weighted by atomic mass is 9.91. The summed E-state index contributed by atoms with van der Waals surface area (Å²) in [5, 5.41) is 3.67. The zero-order valence-corrected chi connectivity index (χ0v) is 12.3. The zero-order chi connectivity index (χ0) is 13.7. The van der Waals surface area contributed by atoms with Crippen molar-refractivity contribution < 1.29 is 4.74 Å². The summed E-state index contributed by atoms with van der Waals surface area (Å²) in [5.41, 5.74) is 1.15. The summed E-state index contributed by atoms with van der Waals surface area (Å²) in [5.74, 6) is 0.378. The first kappa shape index (κ1) is 14.5. The van der Waals surface area contributed by atoms with Gasteiger partial charge in [0.05, 0.1) is 12.2 Å². The van der Waals surface area contributed by atoms with E-state index >= 15 is 0 Å².